The van der Waals surface area contributed by atoms with E-state index in [-0.39, 0.29) is 5.78 Å². The molecule has 0 heterocycles. The van der Waals surface area contributed by atoms with E-state index in [1.165, 1.54) is 6.92 Å². The van der Waals surface area contributed by atoms with Crippen LogP contribution >= 0.6 is 0 Å². The van der Waals surface area contributed by atoms with Crippen LogP contribution in [0.4, 0.5) is 13.2 Å². The van der Waals surface area contributed by atoms with Gasteiger partial charge in [0.2, 0.25) is 0 Å². The molecule has 3 N–H and O–H groups in total. The van der Waals surface area contributed by atoms with E-state index in [0.717, 1.165) is 0 Å². The van der Waals surface area contributed by atoms with Crippen molar-refractivity contribution in [2.45, 2.75) is 32.5 Å². The van der Waals surface area contributed by atoms with Gasteiger partial charge in [0.15, 0.2) is 17.3 Å². The molecule has 6 nitrogen and oxygen atoms in total. The van der Waals surface area contributed by atoms with Gasteiger partial charge in [0.1, 0.15) is 0 Å². The number of hydrogen-bond donors (Lipinski definition) is 2. The van der Waals surface area contributed by atoms with Crippen molar-refractivity contribution in [1.29, 1.82) is 0 Å². The average molecular weight is 351 g/mol. The van der Waals surface area contributed by atoms with Crippen LogP contribution in [0.1, 0.15) is 26.3 Å². The van der Waals surface area contributed by atoms with Crippen molar-refractivity contribution >= 4 is 11.8 Å². The molecule has 0 aliphatic heterocycles. The van der Waals surface area contributed by atoms with Gasteiger partial charge in [-0.15, -0.1) is 0 Å². The zero-order chi connectivity index (χ0) is 19.1. The average Bonchev–Trinajstić information content (AvgIpc) is 2.47. The van der Waals surface area contributed by atoms with Gasteiger partial charge in [-0.25, -0.2) is 4.79 Å². The molecule has 0 bridgehead atoms. The highest BCUT2D eigenvalue weighted by atomic mass is 19.4. The van der Waals surface area contributed by atoms with Crippen molar-refractivity contribution in [3.8, 4) is 11.5 Å². The Hall–Kier alpha value is -2.29. The van der Waals surface area contributed by atoms with E-state index in [4.69, 9.17) is 25.1 Å². The SMILES string of the molecule is CCOc1cc(C(C)(N)C(C)=O)ccc1OC.O=C(O)C(F)(F)F. The third-order valence-corrected chi connectivity index (χ3v) is 3.04. The fourth-order valence-electron chi connectivity index (χ4n) is 1.47. The Morgan fingerprint density at radius 3 is 2.08 bits per heavy atom. The largest absolute Gasteiger partial charge is 0.493 e. The van der Waals surface area contributed by atoms with E-state index >= 15 is 0 Å². The van der Waals surface area contributed by atoms with Gasteiger partial charge in [0, 0.05) is 0 Å². The topological polar surface area (TPSA) is 98.9 Å². The molecule has 0 aliphatic rings. The van der Waals surface area contributed by atoms with Gasteiger partial charge in [0.05, 0.1) is 19.3 Å². The van der Waals surface area contributed by atoms with Crippen LogP contribution in [0.25, 0.3) is 0 Å². The summed E-state index contributed by atoms with van der Waals surface area (Å²) in [7, 11) is 1.57. The van der Waals surface area contributed by atoms with Crippen LogP contribution in [-0.4, -0.2) is 36.8 Å². The molecular formula is C15H20F3NO5. The lowest BCUT2D eigenvalue weighted by atomic mass is 9.89. The molecule has 0 amide bonds. The molecule has 0 saturated heterocycles. The molecule has 1 atom stereocenters. The number of rotatable bonds is 5. The van der Waals surface area contributed by atoms with Gasteiger partial charge in [-0.05, 0) is 38.5 Å². The first-order valence-corrected chi connectivity index (χ1v) is 6.79. The number of nitrogens with two attached hydrogens (primary N) is 1. The van der Waals surface area contributed by atoms with Crippen molar-refractivity contribution in [1.82, 2.24) is 0 Å². The van der Waals surface area contributed by atoms with Crippen LogP contribution in [0.2, 0.25) is 0 Å². The van der Waals surface area contributed by atoms with Gasteiger partial charge >= 0.3 is 12.1 Å². The molecule has 1 aromatic rings. The van der Waals surface area contributed by atoms with Crippen LogP contribution < -0.4 is 15.2 Å². The van der Waals surface area contributed by atoms with E-state index in [1.807, 2.05) is 6.92 Å². The smallest absolute Gasteiger partial charge is 0.490 e. The van der Waals surface area contributed by atoms with E-state index < -0.39 is 17.7 Å². The van der Waals surface area contributed by atoms with E-state index in [2.05, 4.69) is 0 Å². The van der Waals surface area contributed by atoms with Gasteiger partial charge in [-0.1, -0.05) is 6.07 Å². The normalized spacial score (nSPS) is 13.2. The fraction of sp³-hybridized carbons (Fsp3) is 0.467. The molecule has 1 rings (SSSR count). The number of carboxylic acids is 1. The van der Waals surface area contributed by atoms with Crippen LogP contribution in [-0.2, 0) is 15.1 Å². The van der Waals surface area contributed by atoms with Gasteiger partial charge in [-0.2, -0.15) is 13.2 Å². The van der Waals surface area contributed by atoms with Crippen LogP contribution in [0.3, 0.4) is 0 Å². The summed E-state index contributed by atoms with van der Waals surface area (Å²) >= 11 is 0. The first-order valence-electron chi connectivity index (χ1n) is 6.79. The van der Waals surface area contributed by atoms with Crippen molar-refractivity contribution in [3.05, 3.63) is 23.8 Å². The molecule has 0 fully saturated rings. The Morgan fingerprint density at radius 2 is 1.75 bits per heavy atom. The standard InChI is InChI=1S/C13H19NO3.C2HF3O2/c1-5-17-12-8-10(6-7-11(12)16-4)13(3,14)9(2)15;3-2(4,5)1(6)7/h6-8H,5,14H2,1-4H3;(H,6,7). The molecule has 24 heavy (non-hydrogen) atoms. The monoisotopic (exact) mass is 351 g/mol. The fourth-order valence-corrected chi connectivity index (χ4v) is 1.47. The van der Waals surface area contributed by atoms with Crippen molar-refractivity contribution in [2.75, 3.05) is 13.7 Å². The molecule has 0 saturated carbocycles. The number of carbonyl (C=O) groups is 2. The minimum atomic E-state index is -5.08. The van der Waals surface area contributed by atoms with E-state index in [0.29, 0.717) is 23.7 Å². The second-order valence-corrected chi connectivity index (χ2v) is 4.86. The molecule has 1 unspecified atom stereocenters. The second kappa shape index (κ2) is 8.53. The number of halogens is 3. The third kappa shape index (κ3) is 6.07. The Kier molecular flexibility index (Phi) is 7.72. The number of carboxylic acid groups (broad SMARTS) is 1. The van der Waals surface area contributed by atoms with Gasteiger partial charge < -0.3 is 20.3 Å². The summed E-state index contributed by atoms with van der Waals surface area (Å²) in [5, 5.41) is 7.12. The van der Waals surface area contributed by atoms with Crippen molar-refractivity contribution in [2.24, 2.45) is 5.73 Å². The maximum Gasteiger partial charge on any atom is 0.490 e. The minimum absolute atomic E-state index is 0.0925. The predicted octanol–water partition coefficient (Wildman–Crippen LogP) is 2.49. The minimum Gasteiger partial charge on any atom is -0.493 e. The first-order chi connectivity index (χ1) is 10.9. The van der Waals surface area contributed by atoms with Gasteiger partial charge in [-0.3, -0.25) is 4.79 Å². The predicted molar refractivity (Wildman–Crippen MR) is 80.1 cm³/mol. The number of hydrogen-bond acceptors (Lipinski definition) is 5. The van der Waals surface area contributed by atoms with E-state index in [9.17, 15) is 18.0 Å². The molecular weight excluding hydrogens is 331 g/mol. The number of Topliss-reactive ketones (excluding diaryl/α,β-unsaturated/α-hetero) is 1. The summed E-state index contributed by atoms with van der Waals surface area (Å²) in [6, 6.07) is 5.29. The molecule has 9 heteroatoms. The maximum absolute atomic E-state index is 11.5. The highest BCUT2D eigenvalue weighted by Crippen LogP contribution is 2.31. The Balaban J connectivity index is 0.000000640. The highest BCUT2D eigenvalue weighted by Gasteiger charge is 2.38. The Labute approximate surface area is 137 Å². The number of alkyl halides is 3. The summed E-state index contributed by atoms with van der Waals surface area (Å²) in [6.45, 7) is 5.58. The molecule has 0 radical (unpaired) electrons. The summed E-state index contributed by atoms with van der Waals surface area (Å²) in [4.78, 5) is 20.4. The number of carbonyl (C=O) groups excluding carboxylic acids is 1. The van der Waals surface area contributed by atoms with Crippen molar-refractivity contribution in [3.63, 3.8) is 0 Å². The molecule has 0 aliphatic carbocycles. The lowest BCUT2D eigenvalue weighted by Crippen LogP contribution is -2.40. The summed E-state index contributed by atoms with van der Waals surface area (Å²) in [5.74, 6) is -1.61. The lowest BCUT2D eigenvalue weighted by molar-refractivity contribution is -0.192. The number of aliphatic carboxylic acids is 1. The number of methoxy groups -OCH3 is 1. The quantitative estimate of drug-likeness (QED) is 0.846. The van der Waals surface area contributed by atoms with Crippen molar-refractivity contribution < 1.29 is 37.3 Å². The Morgan fingerprint density at radius 1 is 1.25 bits per heavy atom. The highest BCUT2D eigenvalue weighted by molar-refractivity contribution is 5.87. The van der Waals surface area contributed by atoms with E-state index in [1.54, 1.807) is 32.2 Å². The summed E-state index contributed by atoms with van der Waals surface area (Å²) in [6.07, 6.45) is -5.08. The molecule has 136 valence electrons. The molecule has 0 aromatic heterocycles. The number of ether oxygens (including phenoxy) is 2. The maximum atomic E-state index is 11.5. The molecule has 0 spiro atoms. The zero-order valence-electron chi connectivity index (χ0n) is 13.7. The van der Waals surface area contributed by atoms with Gasteiger partial charge in [0.25, 0.3) is 0 Å². The first kappa shape index (κ1) is 21.7. The summed E-state index contributed by atoms with van der Waals surface area (Å²) in [5.41, 5.74) is 5.71. The van der Waals surface area contributed by atoms with Crippen LogP contribution in [0.5, 0.6) is 11.5 Å². The second-order valence-electron chi connectivity index (χ2n) is 4.86. The molecule has 1 aromatic carbocycles. The number of ketones is 1. The number of benzene rings is 1. The summed E-state index contributed by atoms with van der Waals surface area (Å²) < 4.78 is 42.4. The van der Waals surface area contributed by atoms with Crippen LogP contribution in [0, 0.1) is 0 Å². The van der Waals surface area contributed by atoms with Crippen LogP contribution in [0.15, 0.2) is 18.2 Å². The third-order valence-electron chi connectivity index (χ3n) is 3.04. The zero-order valence-corrected chi connectivity index (χ0v) is 13.7. The Bertz CT molecular complexity index is 585. The lowest BCUT2D eigenvalue weighted by Gasteiger charge is -2.23.